The summed E-state index contributed by atoms with van der Waals surface area (Å²) >= 11 is 0. The van der Waals surface area contributed by atoms with Crippen LogP contribution in [0.4, 0.5) is 0 Å². The molecular weight excluding hydrogens is 230 g/mol. The average Bonchev–Trinajstić information content (AvgIpc) is 2.37. The van der Waals surface area contributed by atoms with Crippen LogP contribution in [0.2, 0.25) is 0 Å². The number of likely N-dealkylation sites (tertiary alicyclic amines) is 1. The molecule has 2 amide bonds. The molecule has 5 heteroatoms. The van der Waals surface area contributed by atoms with Crippen molar-refractivity contribution in [2.45, 2.75) is 32.2 Å². The summed E-state index contributed by atoms with van der Waals surface area (Å²) in [6.45, 7) is 4.26. The summed E-state index contributed by atoms with van der Waals surface area (Å²) in [6.07, 6.45) is 2.42. The summed E-state index contributed by atoms with van der Waals surface area (Å²) in [5.74, 6) is 0.881. The zero-order chi connectivity index (χ0) is 13.1. The zero-order valence-corrected chi connectivity index (χ0v) is 11.2. The number of fused-ring (bicyclic) bond motifs is 1. The van der Waals surface area contributed by atoms with E-state index in [4.69, 9.17) is 0 Å². The fourth-order valence-corrected chi connectivity index (χ4v) is 3.02. The van der Waals surface area contributed by atoms with E-state index in [-0.39, 0.29) is 23.8 Å². The van der Waals surface area contributed by atoms with Gasteiger partial charge in [-0.1, -0.05) is 6.92 Å². The Morgan fingerprint density at radius 1 is 1.56 bits per heavy atom. The monoisotopic (exact) mass is 253 g/mol. The fourth-order valence-electron chi connectivity index (χ4n) is 3.02. The summed E-state index contributed by atoms with van der Waals surface area (Å²) in [7, 11) is 1.87. The van der Waals surface area contributed by atoms with Crippen molar-refractivity contribution in [3.8, 4) is 0 Å². The molecule has 102 valence electrons. The molecule has 2 N–H and O–H groups in total. The Labute approximate surface area is 108 Å². The van der Waals surface area contributed by atoms with Gasteiger partial charge < -0.3 is 15.5 Å². The fraction of sp³-hybridized carbons (Fsp3) is 0.846. The number of amides is 2. The molecule has 3 atom stereocenters. The van der Waals surface area contributed by atoms with Gasteiger partial charge in [-0.05, 0) is 25.8 Å². The van der Waals surface area contributed by atoms with Crippen molar-refractivity contribution in [3.05, 3.63) is 0 Å². The first-order chi connectivity index (χ1) is 8.61. The molecule has 2 rings (SSSR count). The maximum Gasteiger partial charge on any atom is 0.226 e. The number of hydrogen-bond acceptors (Lipinski definition) is 3. The van der Waals surface area contributed by atoms with Crippen LogP contribution in [0.3, 0.4) is 0 Å². The Kier molecular flexibility index (Phi) is 4.22. The number of carbonyl (C=O) groups excluding carboxylic acids is 2. The van der Waals surface area contributed by atoms with E-state index in [1.54, 1.807) is 0 Å². The number of nitrogens with zero attached hydrogens (tertiary/aromatic N) is 1. The topological polar surface area (TPSA) is 61.4 Å². The van der Waals surface area contributed by atoms with E-state index >= 15 is 0 Å². The third-order valence-corrected chi connectivity index (χ3v) is 4.07. The van der Waals surface area contributed by atoms with E-state index in [0.29, 0.717) is 12.3 Å². The molecule has 0 aromatic carbocycles. The number of piperidine rings is 2. The molecular formula is C13H23N3O2. The van der Waals surface area contributed by atoms with Gasteiger partial charge in [0.2, 0.25) is 11.8 Å². The molecule has 0 radical (unpaired) electrons. The highest BCUT2D eigenvalue weighted by atomic mass is 16.2. The second kappa shape index (κ2) is 5.69. The van der Waals surface area contributed by atoms with Gasteiger partial charge in [0.1, 0.15) is 0 Å². The predicted octanol–water partition coefficient (Wildman–Crippen LogP) is -0.0310. The molecule has 0 saturated carbocycles. The van der Waals surface area contributed by atoms with Gasteiger partial charge in [0.25, 0.3) is 0 Å². The molecule has 0 aromatic heterocycles. The van der Waals surface area contributed by atoms with Crippen molar-refractivity contribution in [2.75, 3.05) is 26.7 Å². The van der Waals surface area contributed by atoms with Gasteiger partial charge >= 0.3 is 0 Å². The molecule has 2 aliphatic rings. The van der Waals surface area contributed by atoms with E-state index < -0.39 is 0 Å². The van der Waals surface area contributed by atoms with Crippen molar-refractivity contribution in [1.82, 2.24) is 15.5 Å². The van der Waals surface area contributed by atoms with Crippen LogP contribution in [0.5, 0.6) is 0 Å². The molecule has 0 bridgehead atoms. The van der Waals surface area contributed by atoms with E-state index in [1.165, 1.54) is 0 Å². The average molecular weight is 253 g/mol. The lowest BCUT2D eigenvalue weighted by Gasteiger charge is -2.42. The Morgan fingerprint density at radius 2 is 2.33 bits per heavy atom. The Balaban J connectivity index is 1.90. The Hall–Kier alpha value is -1.10. The van der Waals surface area contributed by atoms with Gasteiger partial charge in [-0.25, -0.2) is 0 Å². The van der Waals surface area contributed by atoms with Gasteiger partial charge in [-0.15, -0.1) is 0 Å². The van der Waals surface area contributed by atoms with Gasteiger partial charge in [-0.3, -0.25) is 9.59 Å². The molecule has 0 aliphatic carbocycles. The zero-order valence-electron chi connectivity index (χ0n) is 11.2. The van der Waals surface area contributed by atoms with Gasteiger partial charge in [0.15, 0.2) is 0 Å². The highest BCUT2D eigenvalue weighted by Gasteiger charge is 2.35. The number of carbonyl (C=O) groups is 2. The van der Waals surface area contributed by atoms with Crippen LogP contribution in [-0.4, -0.2) is 49.4 Å². The minimum Gasteiger partial charge on any atom is -0.353 e. The van der Waals surface area contributed by atoms with Crippen LogP contribution in [0, 0.1) is 11.8 Å². The van der Waals surface area contributed by atoms with Crippen LogP contribution < -0.4 is 10.6 Å². The minimum atomic E-state index is 0.0322. The summed E-state index contributed by atoms with van der Waals surface area (Å²) in [5.41, 5.74) is 0. The normalized spacial score (nSPS) is 29.4. The first kappa shape index (κ1) is 13.3. The predicted molar refractivity (Wildman–Crippen MR) is 68.9 cm³/mol. The Bertz CT molecular complexity index is 332. The van der Waals surface area contributed by atoms with Gasteiger partial charge in [0.05, 0.1) is 0 Å². The van der Waals surface area contributed by atoms with Crippen LogP contribution in [0.25, 0.3) is 0 Å². The maximum atomic E-state index is 12.2. The largest absolute Gasteiger partial charge is 0.353 e. The summed E-state index contributed by atoms with van der Waals surface area (Å²) in [6, 6.07) is 0.287. The van der Waals surface area contributed by atoms with Crippen LogP contribution in [0.1, 0.15) is 26.2 Å². The van der Waals surface area contributed by atoms with E-state index in [9.17, 15) is 9.59 Å². The molecule has 0 spiro atoms. The molecule has 2 aliphatic heterocycles. The summed E-state index contributed by atoms with van der Waals surface area (Å²) in [4.78, 5) is 25.5. The smallest absolute Gasteiger partial charge is 0.226 e. The molecule has 2 saturated heterocycles. The number of rotatable bonds is 3. The summed E-state index contributed by atoms with van der Waals surface area (Å²) in [5, 5.41) is 6.09. The third kappa shape index (κ3) is 2.83. The van der Waals surface area contributed by atoms with Crippen molar-refractivity contribution >= 4 is 11.8 Å². The highest BCUT2D eigenvalue weighted by Crippen LogP contribution is 2.26. The number of nitrogens with one attached hydrogen (secondary N) is 2. The van der Waals surface area contributed by atoms with Crippen LogP contribution >= 0.6 is 0 Å². The van der Waals surface area contributed by atoms with Crippen molar-refractivity contribution < 1.29 is 9.59 Å². The third-order valence-electron chi connectivity index (χ3n) is 4.07. The Morgan fingerprint density at radius 3 is 3.06 bits per heavy atom. The van der Waals surface area contributed by atoms with Gasteiger partial charge in [0, 0.05) is 38.0 Å². The molecule has 18 heavy (non-hydrogen) atoms. The minimum absolute atomic E-state index is 0.0322. The van der Waals surface area contributed by atoms with Crippen LogP contribution in [0.15, 0.2) is 0 Å². The second-order valence-electron chi connectivity index (χ2n) is 5.50. The molecule has 5 nitrogen and oxygen atoms in total. The quantitative estimate of drug-likeness (QED) is 0.742. The molecule has 3 unspecified atom stereocenters. The SMILES string of the molecule is CNCC(C)C(=O)N1CCC2NC(=O)CCC2C1. The lowest BCUT2D eigenvalue weighted by molar-refractivity contribution is -0.138. The van der Waals surface area contributed by atoms with E-state index in [1.807, 2.05) is 18.9 Å². The lowest BCUT2D eigenvalue weighted by atomic mass is 9.85. The van der Waals surface area contributed by atoms with E-state index in [2.05, 4.69) is 10.6 Å². The van der Waals surface area contributed by atoms with Crippen LogP contribution in [-0.2, 0) is 9.59 Å². The van der Waals surface area contributed by atoms with Crippen molar-refractivity contribution in [3.63, 3.8) is 0 Å². The summed E-state index contributed by atoms with van der Waals surface area (Å²) < 4.78 is 0. The van der Waals surface area contributed by atoms with Crippen molar-refractivity contribution in [2.24, 2.45) is 11.8 Å². The molecule has 2 fully saturated rings. The second-order valence-corrected chi connectivity index (χ2v) is 5.50. The first-order valence-corrected chi connectivity index (χ1v) is 6.84. The standard InChI is InChI=1S/C13H23N3O2/c1-9(7-14-2)13(18)16-6-5-11-10(8-16)3-4-12(17)15-11/h9-11,14H,3-8H2,1-2H3,(H,15,17). The lowest BCUT2D eigenvalue weighted by Crippen LogP contribution is -2.56. The molecule has 0 aromatic rings. The highest BCUT2D eigenvalue weighted by molar-refractivity contribution is 5.79. The first-order valence-electron chi connectivity index (χ1n) is 6.84. The van der Waals surface area contributed by atoms with E-state index in [0.717, 1.165) is 32.5 Å². The number of hydrogen-bond donors (Lipinski definition) is 2. The van der Waals surface area contributed by atoms with Crippen molar-refractivity contribution in [1.29, 1.82) is 0 Å². The molecule has 2 heterocycles. The maximum absolute atomic E-state index is 12.2. The van der Waals surface area contributed by atoms with Gasteiger partial charge in [-0.2, -0.15) is 0 Å².